The van der Waals surface area contributed by atoms with Gasteiger partial charge in [-0.2, -0.15) is 0 Å². The van der Waals surface area contributed by atoms with Crippen molar-refractivity contribution in [3.8, 4) is 5.75 Å². The predicted molar refractivity (Wildman–Crippen MR) is 82.6 cm³/mol. The molecule has 20 heavy (non-hydrogen) atoms. The van der Waals surface area contributed by atoms with Gasteiger partial charge < -0.3 is 14.8 Å². The molecule has 1 aliphatic rings. The summed E-state index contributed by atoms with van der Waals surface area (Å²) < 4.78 is 10.6. The van der Waals surface area contributed by atoms with E-state index in [9.17, 15) is 0 Å². The third-order valence-electron chi connectivity index (χ3n) is 4.53. The number of methoxy groups -OCH3 is 2. The summed E-state index contributed by atoms with van der Waals surface area (Å²) in [6, 6.07) is 6.70. The molecule has 3 heteroatoms. The first-order valence-electron chi connectivity index (χ1n) is 7.57. The standard InChI is InChI=1S/C17H27NO2/c1-14-6-7-15(12-16(14)20-3)17(8-4-5-9-17)13-18-10-11-19-2/h6-7,12,18H,4-5,8-11,13H2,1-3H3. The number of rotatable bonds is 7. The minimum Gasteiger partial charge on any atom is -0.496 e. The van der Waals surface area contributed by atoms with Crippen molar-refractivity contribution in [2.24, 2.45) is 0 Å². The van der Waals surface area contributed by atoms with E-state index in [1.54, 1.807) is 14.2 Å². The predicted octanol–water partition coefficient (Wildman–Crippen LogP) is 3.05. The van der Waals surface area contributed by atoms with Gasteiger partial charge in [-0.15, -0.1) is 0 Å². The molecule has 1 aromatic rings. The fraction of sp³-hybridized carbons (Fsp3) is 0.647. The number of hydrogen-bond donors (Lipinski definition) is 1. The lowest BCUT2D eigenvalue weighted by molar-refractivity contribution is 0.196. The molecule has 0 unspecified atom stereocenters. The zero-order valence-electron chi connectivity index (χ0n) is 13.0. The highest BCUT2D eigenvalue weighted by Crippen LogP contribution is 2.42. The third-order valence-corrected chi connectivity index (χ3v) is 4.53. The van der Waals surface area contributed by atoms with Gasteiger partial charge in [-0.1, -0.05) is 25.0 Å². The molecule has 1 fully saturated rings. The van der Waals surface area contributed by atoms with Crippen molar-refractivity contribution in [1.29, 1.82) is 0 Å². The number of hydrogen-bond acceptors (Lipinski definition) is 3. The number of ether oxygens (including phenoxy) is 2. The maximum Gasteiger partial charge on any atom is 0.122 e. The van der Waals surface area contributed by atoms with Crippen molar-refractivity contribution in [3.63, 3.8) is 0 Å². The monoisotopic (exact) mass is 277 g/mol. The highest BCUT2D eigenvalue weighted by Gasteiger charge is 2.35. The summed E-state index contributed by atoms with van der Waals surface area (Å²) in [7, 11) is 3.50. The minimum absolute atomic E-state index is 0.273. The van der Waals surface area contributed by atoms with E-state index in [0.717, 1.165) is 25.4 Å². The van der Waals surface area contributed by atoms with E-state index in [0.29, 0.717) is 0 Å². The second kappa shape index (κ2) is 7.09. The zero-order chi connectivity index (χ0) is 14.4. The molecule has 0 heterocycles. The van der Waals surface area contributed by atoms with Gasteiger partial charge >= 0.3 is 0 Å². The molecule has 0 radical (unpaired) electrons. The van der Waals surface area contributed by atoms with Gasteiger partial charge in [0.15, 0.2) is 0 Å². The van der Waals surface area contributed by atoms with E-state index >= 15 is 0 Å². The Balaban J connectivity index is 2.15. The second-order valence-electron chi connectivity index (χ2n) is 5.84. The van der Waals surface area contributed by atoms with Crippen LogP contribution in [0.4, 0.5) is 0 Å². The Morgan fingerprint density at radius 1 is 1.20 bits per heavy atom. The van der Waals surface area contributed by atoms with Gasteiger partial charge in [-0.25, -0.2) is 0 Å². The van der Waals surface area contributed by atoms with E-state index in [-0.39, 0.29) is 5.41 Å². The van der Waals surface area contributed by atoms with Crippen molar-refractivity contribution < 1.29 is 9.47 Å². The van der Waals surface area contributed by atoms with Crippen LogP contribution in [0.1, 0.15) is 36.8 Å². The molecule has 1 aromatic carbocycles. The van der Waals surface area contributed by atoms with E-state index < -0.39 is 0 Å². The van der Waals surface area contributed by atoms with Crippen LogP contribution in [-0.2, 0) is 10.2 Å². The van der Waals surface area contributed by atoms with Crippen molar-refractivity contribution in [2.75, 3.05) is 33.9 Å². The summed E-state index contributed by atoms with van der Waals surface area (Å²) in [4.78, 5) is 0. The van der Waals surface area contributed by atoms with Gasteiger partial charge in [-0.3, -0.25) is 0 Å². The largest absolute Gasteiger partial charge is 0.496 e. The van der Waals surface area contributed by atoms with Gasteiger partial charge in [-0.05, 0) is 37.0 Å². The Labute approximate surface area is 122 Å². The highest BCUT2D eigenvalue weighted by molar-refractivity contribution is 5.40. The molecule has 0 aromatic heterocycles. The van der Waals surface area contributed by atoms with Gasteiger partial charge in [0.1, 0.15) is 5.75 Å². The molecule has 3 nitrogen and oxygen atoms in total. The number of aryl methyl sites for hydroxylation is 1. The smallest absolute Gasteiger partial charge is 0.122 e. The molecular formula is C17H27NO2. The molecule has 0 atom stereocenters. The van der Waals surface area contributed by atoms with Crippen molar-refractivity contribution >= 4 is 0 Å². The van der Waals surface area contributed by atoms with Crippen molar-refractivity contribution in [2.45, 2.75) is 38.0 Å². The molecule has 2 rings (SSSR count). The van der Waals surface area contributed by atoms with E-state index in [2.05, 4.69) is 30.4 Å². The Hall–Kier alpha value is -1.06. The van der Waals surface area contributed by atoms with E-state index in [4.69, 9.17) is 9.47 Å². The third kappa shape index (κ3) is 3.33. The number of nitrogens with one attached hydrogen (secondary N) is 1. The lowest BCUT2D eigenvalue weighted by Gasteiger charge is -2.30. The Bertz CT molecular complexity index is 425. The SMILES string of the molecule is COCCNCC1(c2ccc(C)c(OC)c2)CCCC1. The fourth-order valence-electron chi connectivity index (χ4n) is 3.27. The average molecular weight is 277 g/mol. The van der Waals surface area contributed by atoms with E-state index in [1.807, 2.05) is 0 Å². The van der Waals surface area contributed by atoms with Crippen LogP contribution in [0.3, 0.4) is 0 Å². The average Bonchev–Trinajstić information content (AvgIpc) is 2.94. The summed E-state index contributed by atoms with van der Waals surface area (Å²) in [5.74, 6) is 1.01. The van der Waals surface area contributed by atoms with Gasteiger partial charge in [0.05, 0.1) is 13.7 Å². The van der Waals surface area contributed by atoms with Crippen molar-refractivity contribution in [3.05, 3.63) is 29.3 Å². The normalized spacial score (nSPS) is 17.4. The zero-order valence-corrected chi connectivity index (χ0v) is 13.0. The van der Waals surface area contributed by atoms with E-state index in [1.165, 1.54) is 36.8 Å². The van der Waals surface area contributed by atoms with Gasteiger partial charge in [0.2, 0.25) is 0 Å². The van der Waals surface area contributed by atoms with Gasteiger partial charge in [0, 0.05) is 25.6 Å². The number of benzene rings is 1. The summed E-state index contributed by atoms with van der Waals surface area (Å²) in [5, 5.41) is 3.55. The first-order chi connectivity index (χ1) is 9.72. The van der Waals surface area contributed by atoms with Crippen LogP contribution in [0.15, 0.2) is 18.2 Å². The Kier molecular flexibility index (Phi) is 5.44. The minimum atomic E-state index is 0.273. The quantitative estimate of drug-likeness (QED) is 0.777. The molecule has 0 amide bonds. The maximum absolute atomic E-state index is 5.49. The second-order valence-corrected chi connectivity index (χ2v) is 5.84. The summed E-state index contributed by atoms with van der Waals surface area (Å²) in [6.07, 6.45) is 5.17. The maximum atomic E-state index is 5.49. The Morgan fingerprint density at radius 2 is 1.95 bits per heavy atom. The van der Waals surface area contributed by atoms with Crippen LogP contribution in [-0.4, -0.2) is 33.9 Å². The fourth-order valence-corrected chi connectivity index (χ4v) is 3.27. The van der Waals surface area contributed by atoms with Crippen LogP contribution in [0, 0.1) is 6.92 Å². The van der Waals surface area contributed by atoms with Crippen LogP contribution < -0.4 is 10.1 Å². The molecule has 1 saturated carbocycles. The molecule has 0 bridgehead atoms. The first-order valence-corrected chi connectivity index (χ1v) is 7.57. The molecular weight excluding hydrogens is 250 g/mol. The summed E-state index contributed by atoms with van der Waals surface area (Å²) >= 11 is 0. The van der Waals surface area contributed by atoms with Crippen LogP contribution in [0.25, 0.3) is 0 Å². The molecule has 0 saturated heterocycles. The molecule has 0 aliphatic heterocycles. The molecule has 0 spiro atoms. The van der Waals surface area contributed by atoms with Crippen molar-refractivity contribution in [1.82, 2.24) is 5.32 Å². The lowest BCUT2D eigenvalue weighted by Crippen LogP contribution is -2.37. The van der Waals surface area contributed by atoms with Crippen LogP contribution >= 0.6 is 0 Å². The summed E-state index contributed by atoms with van der Waals surface area (Å²) in [5.41, 5.74) is 2.90. The molecule has 1 aliphatic carbocycles. The Morgan fingerprint density at radius 3 is 2.60 bits per heavy atom. The first kappa shape index (κ1) is 15.3. The highest BCUT2D eigenvalue weighted by atomic mass is 16.5. The topological polar surface area (TPSA) is 30.5 Å². The molecule has 112 valence electrons. The van der Waals surface area contributed by atoms with Crippen LogP contribution in [0.2, 0.25) is 0 Å². The van der Waals surface area contributed by atoms with Crippen LogP contribution in [0.5, 0.6) is 5.75 Å². The molecule has 1 N–H and O–H groups in total. The summed E-state index contributed by atoms with van der Waals surface area (Å²) in [6.45, 7) is 4.82. The lowest BCUT2D eigenvalue weighted by atomic mass is 9.78. The van der Waals surface area contributed by atoms with Gasteiger partial charge in [0.25, 0.3) is 0 Å².